The van der Waals surface area contributed by atoms with Crippen molar-refractivity contribution >= 4 is 17.5 Å². The third-order valence-corrected chi connectivity index (χ3v) is 3.65. The van der Waals surface area contributed by atoms with Crippen LogP contribution < -0.4 is 15.4 Å². The summed E-state index contributed by atoms with van der Waals surface area (Å²) < 4.78 is 18.5. The summed E-state index contributed by atoms with van der Waals surface area (Å²) in [6, 6.07) is 5.89. The molecule has 0 atom stereocenters. The molecule has 3 rings (SSSR count). The lowest BCUT2D eigenvalue weighted by molar-refractivity contribution is -0.121. The molecule has 2 aromatic rings. The predicted octanol–water partition coefficient (Wildman–Crippen LogP) is 1.27. The Kier molecular flexibility index (Phi) is 3.69. The maximum atomic E-state index is 13.3. The number of ether oxygens (including phenoxy) is 1. The number of halogens is 1. The van der Waals surface area contributed by atoms with Crippen molar-refractivity contribution in [1.29, 1.82) is 0 Å². The summed E-state index contributed by atoms with van der Waals surface area (Å²) in [5, 5.41) is 0. The van der Waals surface area contributed by atoms with Gasteiger partial charge < -0.3 is 15.4 Å². The number of anilines is 1. The third kappa shape index (κ3) is 2.73. The Labute approximate surface area is 131 Å². The van der Waals surface area contributed by atoms with Crippen molar-refractivity contribution in [2.24, 2.45) is 5.73 Å². The number of fused-ring (bicyclic) bond motifs is 1. The lowest BCUT2D eigenvalue weighted by Gasteiger charge is -2.16. The molecule has 0 saturated carbocycles. The quantitative estimate of drug-likeness (QED) is 0.920. The number of carbonyl (C=O) groups excluding carboxylic acids is 2. The largest absolute Gasteiger partial charge is 0.496 e. The van der Waals surface area contributed by atoms with Gasteiger partial charge in [-0.3, -0.25) is 14.6 Å². The lowest BCUT2D eigenvalue weighted by atomic mass is 10.1. The first-order chi connectivity index (χ1) is 11.0. The average molecular weight is 315 g/mol. The van der Waals surface area contributed by atoms with Crippen LogP contribution in [0.2, 0.25) is 0 Å². The number of benzene rings is 1. The van der Waals surface area contributed by atoms with Crippen LogP contribution in [-0.4, -0.2) is 30.5 Å². The van der Waals surface area contributed by atoms with E-state index in [0.29, 0.717) is 28.3 Å². The molecular formula is C16H14FN3O3. The molecule has 23 heavy (non-hydrogen) atoms. The summed E-state index contributed by atoms with van der Waals surface area (Å²) in [5.74, 6) is -0.881. The molecule has 2 amide bonds. The van der Waals surface area contributed by atoms with Gasteiger partial charge in [0.2, 0.25) is 11.8 Å². The van der Waals surface area contributed by atoms with Crippen molar-refractivity contribution in [2.75, 3.05) is 18.6 Å². The van der Waals surface area contributed by atoms with Gasteiger partial charge in [0.15, 0.2) is 0 Å². The van der Waals surface area contributed by atoms with Crippen LogP contribution in [0.3, 0.4) is 0 Å². The van der Waals surface area contributed by atoms with E-state index in [1.165, 1.54) is 24.1 Å². The fraction of sp³-hybridized carbons (Fsp3) is 0.188. The highest BCUT2D eigenvalue weighted by atomic mass is 19.1. The van der Waals surface area contributed by atoms with E-state index in [9.17, 15) is 14.0 Å². The minimum absolute atomic E-state index is 0.128. The molecule has 1 aliphatic heterocycles. The van der Waals surface area contributed by atoms with Crippen LogP contribution in [0.4, 0.5) is 10.1 Å². The van der Waals surface area contributed by atoms with Gasteiger partial charge in [-0.05, 0) is 18.2 Å². The number of rotatable bonds is 4. The Morgan fingerprint density at radius 2 is 2.22 bits per heavy atom. The van der Waals surface area contributed by atoms with Gasteiger partial charge in [-0.25, -0.2) is 4.39 Å². The van der Waals surface area contributed by atoms with Gasteiger partial charge in [-0.2, -0.15) is 0 Å². The number of hydrogen-bond acceptors (Lipinski definition) is 4. The first kappa shape index (κ1) is 15.0. The van der Waals surface area contributed by atoms with Gasteiger partial charge in [-0.1, -0.05) is 0 Å². The number of carbonyl (C=O) groups is 2. The number of primary amides is 1. The average Bonchev–Trinajstić information content (AvgIpc) is 2.82. The Balaban J connectivity index is 2.06. The second-order valence-corrected chi connectivity index (χ2v) is 5.16. The van der Waals surface area contributed by atoms with E-state index < -0.39 is 11.7 Å². The predicted molar refractivity (Wildman–Crippen MR) is 81.4 cm³/mol. The van der Waals surface area contributed by atoms with Crippen LogP contribution >= 0.6 is 0 Å². The second kappa shape index (κ2) is 5.68. The molecule has 0 spiro atoms. The van der Waals surface area contributed by atoms with Crippen molar-refractivity contribution < 1.29 is 18.7 Å². The highest BCUT2D eigenvalue weighted by Gasteiger charge is 2.30. The molecule has 2 N–H and O–H groups in total. The number of hydrogen-bond donors (Lipinski definition) is 1. The van der Waals surface area contributed by atoms with E-state index in [0.717, 1.165) is 0 Å². The Hall–Kier alpha value is -2.96. The zero-order chi connectivity index (χ0) is 16.6. The van der Waals surface area contributed by atoms with Crippen molar-refractivity contribution in [1.82, 2.24) is 4.98 Å². The number of amides is 2. The van der Waals surface area contributed by atoms with Crippen molar-refractivity contribution in [3.63, 3.8) is 0 Å². The summed E-state index contributed by atoms with van der Waals surface area (Å²) >= 11 is 0. The molecule has 118 valence electrons. The molecule has 0 aliphatic carbocycles. The zero-order valence-electron chi connectivity index (χ0n) is 12.4. The molecule has 1 aromatic carbocycles. The Bertz CT molecular complexity index is 807. The number of aromatic nitrogens is 1. The van der Waals surface area contributed by atoms with Crippen molar-refractivity contribution in [2.45, 2.75) is 6.42 Å². The number of methoxy groups -OCH3 is 1. The molecule has 0 unspecified atom stereocenters. The summed E-state index contributed by atoms with van der Waals surface area (Å²) in [5.41, 5.74) is 7.61. The third-order valence-electron chi connectivity index (χ3n) is 3.65. The van der Waals surface area contributed by atoms with E-state index in [2.05, 4.69) is 4.98 Å². The van der Waals surface area contributed by atoms with Gasteiger partial charge in [0.05, 0.1) is 24.9 Å². The molecule has 0 radical (unpaired) electrons. The molecule has 7 heteroatoms. The van der Waals surface area contributed by atoms with Gasteiger partial charge in [0.25, 0.3) is 0 Å². The molecule has 0 saturated heterocycles. The van der Waals surface area contributed by atoms with Crippen LogP contribution in [0.5, 0.6) is 5.75 Å². The van der Waals surface area contributed by atoms with E-state index >= 15 is 0 Å². The van der Waals surface area contributed by atoms with Crippen LogP contribution in [0.15, 0.2) is 30.5 Å². The Morgan fingerprint density at radius 1 is 1.43 bits per heavy atom. The van der Waals surface area contributed by atoms with E-state index in [1.54, 1.807) is 18.3 Å². The van der Waals surface area contributed by atoms with Crippen LogP contribution in [0.1, 0.15) is 5.69 Å². The lowest BCUT2D eigenvalue weighted by Crippen LogP contribution is -2.35. The highest BCUT2D eigenvalue weighted by Crippen LogP contribution is 2.35. The van der Waals surface area contributed by atoms with E-state index in [-0.39, 0.29) is 18.9 Å². The zero-order valence-corrected chi connectivity index (χ0v) is 12.4. The summed E-state index contributed by atoms with van der Waals surface area (Å²) in [6.45, 7) is -0.197. The minimum Gasteiger partial charge on any atom is -0.496 e. The van der Waals surface area contributed by atoms with Gasteiger partial charge in [0.1, 0.15) is 18.1 Å². The van der Waals surface area contributed by atoms with Gasteiger partial charge in [0, 0.05) is 23.4 Å². The SMILES string of the molecule is COc1cc(F)ccc1-c1cnc2c(c1)N(CC(N)=O)C(=O)C2. The van der Waals surface area contributed by atoms with E-state index in [1.807, 2.05) is 0 Å². The second-order valence-electron chi connectivity index (χ2n) is 5.16. The fourth-order valence-electron chi connectivity index (χ4n) is 2.60. The molecule has 0 bridgehead atoms. The minimum atomic E-state index is -0.601. The summed E-state index contributed by atoms with van der Waals surface area (Å²) in [7, 11) is 1.45. The fourth-order valence-corrected chi connectivity index (χ4v) is 2.60. The van der Waals surface area contributed by atoms with Crippen LogP contribution in [0, 0.1) is 5.82 Å². The van der Waals surface area contributed by atoms with Gasteiger partial charge in [-0.15, -0.1) is 0 Å². The number of nitrogens with two attached hydrogens (primary N) is 1. The number of nitrogens with zero attached hydrogens (tertiary/aromatic N) is 2. The van der Waals surface area contributed by atoms with Crippen molar-refractivity contribution in [3.8, 4) is 16.9 Å². The maximum Gasteiger partial charge on any atom is 0.237 e. The highest BCUT2D eigenvalue weighted by molar-refractivity contribution is 6.04. The van der Waals surface area contributed by atoms with Gasteiger partial charge >= 0.3 is 0 Å². The molecule has 6 nitrogen and oxygen atoms in total. The first-order valence-electron chi connectivity index (χ1n) is 6.91. The smallest absolute Gasteiger partial charge is 0.237 e. The summed E-state index contributed by atoms with van der Waals surface area (Å²) in [6.07, 6.45) is 1.72. The molecule has 0 fully saturated rings. The summed E-state index contributed by atoms with van der Waals surface area (Å²) in [4.78, 5) is 28.7. The standard InChI is InChI=1S/C16H14FN3O3/c1-23-14-5-10(17)2-3-11(14)9-4-13-12(19-7-9)6-16(22)20(13)8-15(18)21/h2-5,7H,6,8H2,1H3,(H2,18,21). The number of pyridine rings is 1. The molecular weight excluding hydrogens is 301 g/mol. The van der Waals surface area contributed by atoms with E-state index in [4.69, 9.17) is 10.5 Å². The molecule has 1 aliphatic rings. The molecule has 1 aromatic heterocycles. The van der Waals surface area contributed by atoms with Crippen LogP contribution in [-0.2, 0) is 16.0 Å². The topological polar surface area (TPSA) is 85.5 Å². The van der Waals surface area contributed by atoms with Crippen LogP contribution in [0.25, 0.3) is 11.1 Å². The first-order valence-corrected chi connectivity index (χ1v) is 6.91. The maximum absolute atomic E-state index is 13.3. The van der Waals surface area contributed by atoms with Crippen molar-refractivity contribution in [3.05, 3.63) is 42.0 Å². The Morgan fingerprint density at radius 3 is 2.91 bits per heavy atom. The monoisotopic (exact) mass is 315 g/mol. The normalized spacial score (nSPS) is 13.1. The molecule has 2 heterocycles.